The minimum atomic E-state index is -0.709. The zero-order chi connectivity index (χ0) is 52.1. The summed E-state index contributed by atoms with van der Waals surface area (Å²) in [7, 11) is 0. The quantitative estimate of drug-likeness (QED) is 0.0434. The molecule has 72 heavy (non-hydrogen) atoms. The molecule has 3 N–H and O–H groups in total. The maximum absolute atomic E-state index is 10.8. The Morgan fingerprint density at radius 2 is 0.722 bits per heavy atom. The Bertz CT molecular complexity index is 2510. The first-order valence-electron chi connectivity index (χ1n) is 25.6. The van der Waals surface area contributed by atoms with Gasteiger partial charge in [-0.15, -0.1) is 0 Å². The van der Waals surface area contributed by atoms with Gasteiger partial charge in [0.25, 0.3) is 0 Å². The van der Waals surface area contributed by atoms with E-state index in [4.69, 9.17) is 15.3 Å². The Kier molecular flexibility index (Phi) is 27.6. The van der Waals surface area contributed by atoms with E-state index in [1.807, 2.05) is 48.2 Å². The van der Waals surface area contributed by atoms with Gasteiger partial charge in [0.2, 0.25) is 0 Å². The summed E-state index contributed by atoms with van der Waals surface area (Å²) in [5, 5.41) is 26.4. The Labute approximate surface area is 444 Å². The molecule has 6 aromatic rings. The van der Waals surface area contributed by atoms with Crippen LogP contribution >= 0.6 is 35.3 Å². The monoisotopic (exact) mass is 1020 g/mol. The van der Waals surface area contributed by atoms with Gasteiger partial charge in [0.1, 0.15) is 0 Å². The molecular weight excluding hydrogens is 949 g/mol. The SMILES string of the molecule is Cc1ccc(C)c(Sc2c(C)c(C)c(CCCCCCC(=O)O)c(CCCCCCC(=O)O)c2C)c1C.O=C(O)CCCCCCc1ccc(Sc2cc[c]cc2)cc1.[c]1ccc(Sc2cc[c]cc2)cc1. The summed E-state index contributed by atoms with van der Waals surface area (Å²) < 4.78 is 0. The van der Waals surface area contributed by atoms with Crippen molar-refractivity contribution in [3.8, 4) is 0 Å². The fourth-order valence-corrected chi connectivity index (χ4v) is 11.4. The fraction of sp³-hybridized carbons (Fsp3) is 0.381. The largest absolute Gasteiger partial charge is 0.481 e. The van der Waals surface area contributed by atoms with Crippen LogP contribution in [0.4, 0.5) is 0 Å². The lowest BCUT2D eigenvalue weighted by molar-refractivity contribution is -0.138. The first-order chi connectivity index (χ1) is 34.7. The van der Waals surface area contributed by atoms with Crippen molar-refractivity contribution in [2.75, 3.05) is 0 Å². The van der Waals surface area contributed by atoms with Gasteiger partial charge >= 0.3 is 17.9 Å². The first kappa shape index (κ1) is 59.3. The maximum atomic E-state index is 10.8. The van der Waals surface area contributed by atoms with Crippen molar-refractivity contribution in [3.63, 3.8) is 0 Å². The molecular formula is C63H75O6S3. The number of carbonyl (C=O) groups is 3. The average molecular weight is 1020 g/mol. The van der Waals surface area contributed by atoms with Crippen LogP contribution in [0.25, 0.3) is 0 Å². The minimum absolute atomic E-state index is 0.256. The molecule has 0 spiro atoms. The highest BCUT2D eigenvalue weighted by atomic mass is 32.2. The van der Waals surface area contributed by atoms with E-state index in [0.717, 1.165) is 96.3 Å². The van der Waals surface area contributed by atoms with Crippen LogP contribution in [0.1, 0.15) is 146 Å². The van der Waals surface area contributed by atoms with Crippen LogP contribution in [-0.4, -0.2) is 33.2 Å². The number of carboxylic acid groups (broad SMARTS) is 3. The van der Waals surface area contributed by atoms with Gasteiger partial charge in [-0.1, -0.05) is 134 Å². The topological polar surface area (TPSA) is 112 Å². The lowest BCUT2D eigenvalue weighted by Crippen LogP contribution is -2.07. The van der Waals surface area contributed by atoms with Crippen molar-refractivity contribution < 1.29 is 29.7 Å². The fourth-order valence-electron chi connectivity index (χ4n) is 8.42. The van der Waals surface area contributed by atoms with Gasteiger partial charge in [-0.05, 0) is 216 Å². The van der Waals surface area contributed by atoms with E-state index in [1.165, 1.54) is 79.4 Å². The second-order valence-electron chi connectivity index (χ2n) is 18.4. The molecule has 6 nitrogen and oxygen atoms in total. The predicted octanol–water partition coefficient (Wildman–Crippen LogP) is 17.5. The zero-order valence-electron chi connectivity index (χ0n) is 43.4. The van der Waals surface area contributed by atoms with Crippen molar-refractivity contribution in [2.24, 2.45) is 0 Å². The summed E-state index contributed by atoms with van der Waals surface area (Å²) in [6, 6.07) is 46.1. The van der Waals surface area contributed by atoms with E-state index in [1.54, 1.807) is 23.5 Å². The molecule has 0 atom stereocenters. The molecule has 0 heterocycles. The summed E-state index contributed by atoms with van der Waals surface area (Å²) in [6.45, 7) is 13.4. The van der Waals surface area contributed by atoms with Crippen LogP contribution in [0.5, 0.6) is 0 Å². The highest BCUT2D eigenvalue weighted by Crippen LogP contribution is 2.42. The van der Waals surface area contributed by atoms with E-state index < -0.39 is 17.9 Å². The van der Waals surface area contributed by atoms with Crippen LogP contribution < -0.4 is 0 Å². The number of unbranched alkanes of at least 4 members (excludes halogenated alkanes) is 9. The molecule has 0 aliphatic carbocycles. The van der Waals surface area contributed by atoms with Gasteiger partial charge in [0.15, 0.2) is 0 Å². The van der Waals surface area contributed by atoms with Gasteiger partial charge < -0.3 is 15.3 Å². The Balaban J connectivity index is 0.000000267. The van der Waals surface area contributed by atoms with Crippen LogP contribution in [0, 0.1) is 59.7 Å². The molecule has 0 saturated carbocycles. The van der Waals surface area contributed by atoms with Crippen LogP contribution in [0.2, 0.25) is 0 Å². The van der Waals surface area contributed by atoms with E-state index in [-0.39, 0.29) is 12.8 Å². The summed E-state index contributed by atoms with van der Waals surface area (Å²) in [4.78, 5) is 39.7. The average Bonchev–Trinajstić information content (AvgIpc) is 3.37. The number of carboxylic acids is 3. The molecule has 6 aromatic carbocycles. The van der Waals surface area contributed by atoms with Crippen molar-refractivity contribution in [3.05, 3.63) is 177 Å². The smallest absolute Gasteiger partial charge is 0.303 e. The molecule has 6 rings (SSSR count). The lowest BCUT2D eigenvalue weighted by Gasteiger charge is -2.24. The Hall–Kier alpha value is -5.22. The Morgan fingerprint density at radius 1 is 0.361 bits per heavy atom. The van der Waals surface area contributed by atoms with Crippen LogP contribution in [-0.2, 0) is 33.6 Å². The number of hydrogen-bond acceptors (Lipinski definition) is 6. The summed E-state index contributed by atoms with van der Waals surface area (Å²) in [5.41, 5.74) is 12.4. The molecule has 0 amide bonds. The summed E-state index contributed by atoms with van der Waals surface area (Å²) >= 11 is 5.42. The minimum Gasteiger partial charge on any atom is -0.481 e. The molecule has 0 aromatic heterocycles. The summed E-state index contributed by atoms with van der Waals surface area (Å²) in [5.74, 6) is -2.11. The van der Waals surface area contributed by atoms with E-state index in [0.29, 0.717) is 6.42 Å². The third-order valence-corrected chi connectivity index (χ3v) is 16.5. The van der Waals surface area contributed by atoms with Gasteiger partial charge in [-0.25, -0.2) is 0 Å². The second kappa shape index (κ2) is 33.5. The number of benzene rings is 6. The molecule has 381 valence electrons. The second-order valence-corrected chi connectivity index (χ2v) is 21.7. The highest BCUT2D eigenvalue weighted by molar-refractivity contribution is 8.00. The maximum Gasteiger partial charge on any atom is 0.303 e. The first-order valence-corrected chi connectivity index (χ1v) is 28.0. The van der Waals surface area contributed by atoms with Gasteiger partial charge in [-0.3, -0.25) is 14.4 Å². The number of rotatable bonds is 27. The van der Waals surface area contributed by atoms with E-state index in [2.05, 4.69) is 133 Å². The predicted molar refractivity (Wildman–Crippen MR) is 299 cm³/mol. The molecule has 9 heteroatoms. The van der Waals surface area contributed by atoms with Crippen molar-refractivity contribution in [1.82, 2.24) is 0 Å². The number of hydrogen-bond donors (Lipinski definition) is 3. The molecule has 3 radical (unpaired) electrons. The molecule has 0 aliphatic rings. The molecule has 0 fully saturated rings. The van der Waals surface area contributed by atoms with Crippen LogP contribution in [0.15, 0.2) is 139 Å². The zero-order valence-corrected chi connectivity index (χ0v) is 45.9. The Morgan fingerprint density at radius 3 is 1.14 bits per heavy atom. The normalized spacial score (nSPS) is 10.8. The molecule has 0 bridgehead atoms. The van der Waals surface area contributed by atoms with E-state index in [9.17, 15) is 14.4 Å². The van der Waals surface area contributed by atoms with Crippen LogP contribution in [0.3, 0.4) is 0 Å². The summed E-state index contributed by atoms with van der Waals surface area (Å²) in [6.07, 6.45) is 15.6. The standard InChI is InChI=1S/C32H46O4S.C19H21O2S.C12H8S/c1-21-19-20-22(2)31(23(21)3)37-32-25(5)24(4)27(15-11-7-9-13-17-29(33)34)28(26(32)6)16-12-8-10-14-18-30(35)36;20-19(21)11-7-2-1-4-8-16-12-14-18(15-13-16)22-17-9-5-3-6-10-17;1-3-7-11(8-4-1)13-12-9-5-2-6-10-12/h19-20H,7-18H2,1-6H3,(H,33,34)(H,35,36);5-6,9-10,12-15H,1-2,4,7-8,11H2,(H,20,21);3-10H. The van der Waals surface area contributed by atoms with Crippen molar-refractivity contribution >= 4 is 53.2 Å². The van der Waals surface area contributed by atoms with Gasteiger partial charge in [0.05, 0.1) is 0 Å². The third-order valence-electron chi connectivity index (χ3n) is 12.8. The number of aliphatic carboxylic acids is 3. The van der Waals surface area contributed by atoms with Gasteiger partial charge in [0, 0.05) is 48.6 Å². The molecule has 0 unspecified atom stereocenters. The van der Waals surface area contributed by atoms with Crippen molar-refractivity contribution in [1.29, 1.82) is 0 Å². The molecule has 0 aliphatic heterocycles. The van der Waals surface area contributed by atoms with Gasteiger partial charge in [-0.2, -0.15) is 0 Å². The third kappa shape index (κ3) is 22.3. The number of aryl methyl sites for hydroxylation is 3. The molecule has 0 saturated heterocycles. The van der Waals surface area contributed by atoms with E-state index >= 15 is 0 Å². The highest BCUT2D eigenvalue weighted by Gasteiger charge is 2.20. The van der Waals surface area contributed by atoms with Crippen molar-refractivity contribution in [2.45, 2.75) is 186 Å². The lowest BCUT2D eigenvalue weighted by atomic mass is 9.87.